The van der Waals surface area contributed by atoms with E-state index in [1.165, 1.54) is 10.6 Å². The van der Waals surface area contributed by atoms with Crippen molar-refractivity contribution in [2.24, 2.45) is 0 Å². The molecular formula is C20H30BrN3O4. The van der Waals surface area contributed by atoms with Crippen molar-refractivity contribution in [2.75, 3.05) is 6.54 Å². The lowest BCUT2D eigenvalue weighted by atomic mass is 9.90. The van der Waals surface area contributed by atoms with Gasteiger partial charge in [-0.1, -0.05) is 25.7 Å². The average Bonchev–Trinajstić information content (AvgIpc) is 2.80. The summed E-state index contributed by atoms with van der Waals surface area (Å²) in [4.78, 5) is 36.7. The number of pyridine rings is 1. The summed E-state index contributed by atoms with van der Waals surface area (Å²) >= 11 is 3.30. The molecule has 1 aliphatic rings. The lowest BCUT2D eigenvalue weighted by Crippen LogP contribution is -2.56. The van der Waals surface area contributed by atoms with Crippen molar-refractivity contribution in [3.05, 3.63) is 33.2 Å². The highest BCUT2D eigenvalue weighted by Gasteiger charge is 2.34. The van der Waals surface area contributed by atoms with E-state index >= 15 is 0 Å². The summed E-state index contributed by atoms with van der Waals surface area (Å²) in [6.45, 7) is 5.71. The Hall–Kier alpha value is -1.83. The minimum atomic E-state index is -0.582. The lowest BCUT2D eigenvalue weighted by Gasteiger charge is -2.35. The van der Waals surface area contributed by atoms with Gasteiger partial charge in [0, 0.05) is 23.3 Å². The van der Waals surface area contributed by atoms with Crippen LogP contribution >= 0.6 is 15.9 Å². The Balaban J connectivity index is 2.03. The minimum absolute atomic E-state index is 0.0687. The number of carbonyl (C=O) groups is 2. The molecule has 0 saturated heterocycles. The van der Waals surface area contributed by atoms with Crippen molar-refractivity contribution in [1.29, 1.82) is 0 Å². The molecule has 0 aromatic carbocycles. The molecule has 8 heteroatoms. The summed E-state index contributed by atoms with van der Waals surface area (Å²) in [6.07, 6.45) is 6.87. The van der Waals surface area contributed by atoms with Gasteiger partial charge in [-0.05, 0) is 55.6 Å². The van der Waals surface area contributed by atoms with Gasteiger partial charge in [-0.25, -0.2) is 4.79 Å². The van der Waals surface area contributed by atoms with Crippen LogP contribution in [0.4, 0.5) is 4.79 Å². The molecule has 1 fully saturated rings. The molecule has 0 bridgehead atoms. The van der Waals surface area contributed by atoms with Gasteiger partial charge in [0.1, 0.15) is 12.1 Å². The van der Waals surface area contributed by atoms with Crippen molar-refractivity contribution in [3.63, 3.8) is 0 Å². The van der Waals surface area contributed by atoms with Gasteiger partial charge in [0.15, 0.2) is 0 Å². The molecule has 2 amide bonds. The van der Waals surface area contributed by atoms with E-state index in [0.29, 0.717) is 6.54 Å². The third-order valence-corrected chi connectivity index (χ3v) is 5.18. The second-order valence-corrected chi connectivity index (χ2v) is 9.33. The maximum atomic E-state index is 12.4. The highest BCUT2D eigenvalue weighted by Crippen LogP contribution is 2.27. The van der Waals surface area contributed by atoms with Crippen LogP contribution in [-0.2, 0) is 16.1 Å². The lowest BCUT2D eigenvalue weighted by molar-refractivity contribution is -0.122. The van der Waals surface area contributed by atoms with Crippen molar-refractivity contribution in [3.8, 4) is 0 Å². The van der Waals surface area contributed by atoms with Crippen molar-refractivity contribution >= 4 is 27.9 Å². The van der Waals surface area contributed by atoms with Crippen molar-refractivity contribution in [1.82, 2.24) is 15.2 Å². The molecule has 0 aliphatic heterocycles. The van der Waals surface area contributed by atoms with E-state index in [2.05, 4.69) is 26.6 Å². The fraction of sp³-hybridized carbons (Fsp3) is 0.650. The summed E-state index contributed by atoms with van der Waals surface area (Å²) in [5.41, 5.74) is -1.35. The number of carbonyl (C=O) groups excluding carboxylic acids is 2. The molecule has 1 saturated carbocycles. The number of halogens is 1. The number of nitrogens with zero attached hydrogens (tertiary/aromatic N) is 1. The van der Waals surface area contributed by atoms with Crippen LogP contribution in [0.3, 0.4) is 0 Å². The van der Waals surface area contributed by atoms with E-state index < -0.39 is 17.2 Å². The number of amides is 2. The molecule has 2 rings (SSSR count). The third-order valence-electron chi connectivity index (χ3n) is 4.71. The molecule has 0 unspecified atom stereocenters. The predicted octanol–water partition coefficient (Wildman–Crippen LogP) is 3.34. The highest BCUT2D eigenvalue weighted by atomic mass is 79.9. The number of rotatable bonds is 5. The second kappa shape index (κ2) is 9.58. The van der Waals surface area contributed by atoms with Crippen LogP contribution in [0, 0.1) is 0 Å². The van der Waals surface area contributed by atoms with Gasteiger partial charge in [-0.3, -0.25) is 9.59 Å². The summed E-state index contributed by atoms with van der Waals surface area (Å²) < 4.78 is 7.50. The normalized spacial score (nSPS) is 16.7. The van der Waals surface area contributed by atoms with Crippen LogP contribution in [0.25, 0.3) is 0 Å². The summed E-state index contributed by atoms with van der Waals surface area (Å²) in [6, 6.07) is 3.05. The molecule has 28 heavy (non-hydrogen) atoms. The van der Waals surface area contributed by atoms with Crippen LogP contribution in [0.5, 0.6) is 0 Å². The Morgan fingerprint density at radius 2 is 1.82 bits per heavy atom. The molecule has 1 heterocycles. The van der Waals surface area contributed by atoms with Gasteiger partial charge in [0.05, 0.1) is 5.54 Å². The topological polar surface area (TPSA) is 89.4 Å². The number of ether oxygens (including phenoxy) is 1. The van der Waals surface area contributed by atoms with Gasteiger partial charge in [0.25, 0.3) is 5.56 Å². The monoisotopic (exact) mass is 455 g/mol. The first kappa shape index (κ1) is 22.5. The molecule has 0 spiro atoms. The van der Waals surface area contributed by atoms with Crippen LogP contribution < -0.4 is 16.2 Å². The van der Waals surface area contributed by atoms with E-state index in [-0.39, 0.29) is 18.0 Å². The Kier molecular flexibility index (Phi) is 7.69. The standard InChI is InChI=1S/C20H30BrN3O4/c1-19(2,3)28-18(27)23-20(10-6-4-5-7-11-20)14-22-16(25)13-24-12-15(21)8-9-17(24)26/h8-9,12H,4-7,10-11,13-14H2,1-3H3,(H,22,25)(H,23,27). The fourth-order valence-corrected chi connectivity index (χ4v) is 3.75. The largest absolute Gasteiger partial charge is 0.444 e. The molecular weight excluding hydrogens is 426 g/mol. The van der Waals surface area contributed by atoms with Gasteiger partial charge in [-0.2, -0.15) is 0 Å². The molecule has 7 nitrogen and oxygen atoms in total. The zero-order chi connectivity index (χ0) is 20.8. The van der Waals surface area contributed by atoms with Gasteiger partial charge in [0.2, 0.25) is 5.91 Å². The molecule has 0 atom stereocenters. The van der Waals surface area contributed by atoms with Crippen LogP contribution in [-0.4, -0.2) is 34.3 Å². The molecule has 1 aromatic rings. The summed E-state index contributed by atoms with van der Waals surface area (Å²) in [5, 5.41) is 5.92. The van der Waals surface area contributed by atoms with Gasteiger partial charge < -0.3 is 19.9 Å². The smallest absolute Gasteiger partial charge is 0.408 e. The minimum Gasteiger partial charge on any atom is -0.444 e. The third kappa shape index (κ3) is 7.30. The summed E-state index contributed by atoms with van der Waals surface area (Å²) in [5.74, 6) is -0.269. The molecule has 1 aliphatic carbocycles. The summed E-state index contributed by atoms with van der Waals surface area (Å²) in [7, 11) is 0. The van der Waals surface area contributed by atoms with Crippen LogP contribution in [0.15, 0.2) is 27.6 Å². The Bertz CT molecular complexity index is 747. The predicted molar refractivity (Wildman–Crippen MR) is 111 cm³/mol. The fourth-order valence-electron chi connectivity index (χ4n) is 3.38. The Morgan fingerprint density at radius 3 is 2.43 bits per heavy atom. The van der Waals surface area contributed by atoms with E-state index in [9.17, 15) is 14.4 Å². The van der Waals surface area contributed by atoms with Crippen molar-refractivity contribution < 1.29 is 14.3 Å². The molecule has 0 radical (unpaired) electrons. The SMILES string of the molecule is CC(C)(C)OC(=O)NC1(CNC(=O)Cn2cc(Br)ccc2=O)CCCCCC1. The first-order valence-corrected chi connectivity index (χ1v) is 10.5. The van der Waals surface area contributed by atoms with Gasteiger partial charge in [-0.15, -0.1) is 0 Å². The van der Waals surface area contributed by atoms with E-state index in [1.54, 1.807) is 12.3 Å². The molecule has 156 valence electrons. The van der Waals surface area contributed by atoms with E-state index in [4.69, 9.17) is 4.74 Å². The Morgan fingerprint density at radius 1 is 1.18 bits per heavy atom. The highest BCUT2D eigenvalue weighted by molar-refractivity contribution is 9.10. The second-order valence-electron chi connectivity index (χ2n) is 8.41. The number of alkyl carbamates (subject to hydrolysis) is 1. The first-order chi connectivity index (χ1) is 13.1. The van der Waals surface area contributed by atoms with Gasteiger partial charge >= 0.3 is 6.09 Å². The Labute approximate surface area is 174 Å². The number of hydrogen-bond acceptors (Lipinski definition) is 4. The molecule has 2 N–H and O–H groups in total. The van der Waals surface area contributed by atoms with Crippen LogP contribution in [0.2, 0.25) is 0 Å². The van der Waals surface area contributed by atoms with E-state index in [1.807, 2.05) is 20.8 Å². The first-order valence-electron chi connectivity index (χ1n) is 9.72. The number of hydrogen-bond donors (Lipinski definition) is 2. The van der Waals surface area contributed by atoms with Crippen LogP contribution in [0.1, 0.15) is 59.3 Å². The zero-order valence-corrected chi connectivity index (χ0v) is 18.4. The maximum absolute atomic E-state index is 12.4. The van der Waals surface area contributed by atoms with E-state index in [0.717, 1.165) is 43.0 Å². The number of aromatic nitrogens is 1. The zero-order valence-electron chi connectivity index (χ0n) is 16.8. The average molecular weight is 456 g/mol. The quantitative estimate of drug-likeness (QED) is 0.666. The number of nitrogens with one attached hydrogen (secondary N) is 2. The van der Waals surface area contributed by atoms with Crippen molar-refractivity contribution in [2.45, 2.75) is 77.0 Å². The molecule has 1 aromatic heterocycles. The maximum Gasteiger partial charge on any atom is 0.408 e.